The molecule has 1 atom stereocenters. The van der Waals surface area contributed by atoms with Gasteiger partial charge in [0, 0.05) is 19.6 Å². The molecule has 4 nitrogen and oxygen atoms in total. The van der Waals surface area contributed by atoms with E-state index < -0.39 is 10.0 Å². The number of benzene rings is 1. The second-order valence-corrected chi connectivity index (χ2v) is 6.76. The van der Waals surface area contributed by atoms with Crippen LogP contribution in [0.3, 0.4) is 0 Å². The maximum absolute atomic E-state index is 12.5. The molecule has 0 fully saturated rings. The Morgan fingerprint density at radius 3 is 2.21 bits per heavy atom. The van der Waals surface area contributed by atoms with Crippen LogP contribution in [0.5, 0.6) is 0 Å². The van der Waals surface area contributed by atoms with Crippen molar-refractivity contribution in [2.45, 2.75) is 38.6 Å². The summed E-state index contributed by atoms with van der Waals surface area (Å²) in [6, 6.07) is 6.81. The molecule has 1 unspecified atom stereocenters. The minimum Gasteiger partial charge on any atom is -0.326 e. The molecule has 0 saturated carbocycles. The fourth-order valence-electron chi connectivity index (χ4n) is 1.82. The van der Waals surface area contributed by atoms with Crippen LogP contribution in [0.15, 0.2) is 29.2 Å². The topological polar surface area (TPSA) is 63.4 Å². The minimum absolute atomic E-state index is 0.342. The summed E-state index contributed by atoms with van der Waals surface area (Å²) in [5, 5.41) is 0. The Morgan fingerprint density at radius 1 is 1.21 bits per heavy atom. The van der Waals surface area contributed by atoms with Gasteiger partial charge < -0.3 is 5.73 Å². The van der Waals surface area contributed by atoms with E-state index in [0.717, 1.165) is 12.0 Å². The van der Waals surface area contributed by atoms with Gasteiger partial charge in [0.2, 0.25) is 10.0 Å². The monoisotopic (exact) mass is 284 g/mol. The third kappa shape index (κ3) is 4.03. The van der Waals surface area contributed by atoms with Gasteiger partial charge >= 0.3 is 0 Å². The Kier molecular flexibility index (Phi) is 5.97. The van der Waals surface area contributed by atoms with Gasteiger partial charge in [-0.05, 0) is 23.6 Å². The van der Waals surface area contributed by atoms with Crippen LogP contribution in [-0.4, -0.2) is 25.8 Å². The van der Waals surface area contributed by atoms with E-state index in [-0.39, 0.29) is 0 Å². The average molecular weight is 284 g/mol. The van der Waals surface area contributed by atoms with Gasteiger partial charge in [-0.2, -0.15) is 4.31 Å². The number of rotatable bonds is 7. The van der Waals surface area contributed by atoms with E-state index in [1.165, 1.54) is 0 Å². The number of hydrogen-bond acceptors (Lipinski definition) is 3. The zero-order chi connectivity index (χ0) is 14.5. The Bertz CT molecular complexity index is 483. The Labute approximate surface area is 116 Å². The Hall–Kier alpha value is -0.910. The van der Waals surface area contributed by atoms with E-state index in [2.05, 4.69) is 13.8 Å². The molecule has 5 heteroatoms. The molecule has 19 heavy (non-hydrogen) atoms. The summed E-state index contributed by atoms with van der Waals surface area (Å²) in [4.78, 5) is 0.342. The molecule has 1 aromatic rings. The molecule has 0 saturated heterocycles. The Balaban J connectivity index is 2.99. The van der Waals surface area contributed by atoms with E-state index in [0.29, 0.717) is 30.4 Å². The highest BCUT2D eigenvalue weighted by molar-refractivity contribution is 7.89. The first-order valence-corrected chi connectivity index (χ1v) is 8.18. The first-order chi connectivity index (χ1) is 8.95. The van der Waals surface area contributed by atoms with Crippen molar-refractivity contribution >= 4 is 10.0 Å². The van der Waals surface area contributed by atoms with Crippen LogP contribution in [0.1, 0.15) is 32.8 Å². The van der Waals surface area contributed by atoms with Gasteiger partial charge in [0.1, 0.15) is 0 Å². The zero-order valence-corrected chi connectivity index (χ0v) is 12.8. The average Bonchev–Trinajstić information content (AvgIpc) is 2.44. The molecule has 0 radical (unpaired) electrons. The highest BCUT2D eigenvalue weighted by Gasteiger charge is 2.23. The van der Waals surface area contributed by atoms with Gasteiger partial charge in [-0.25, -0.2) is 8.42 Å². The van der Waals surface area contributed by atoms with Gasteiger partial charge in [-0.1, -0.05) is 39.3 Å². The molecular formula is C14H24N2O2S. The number of sulfonamides is 1. The predicted octanol–water partition coefficient (Wildman–Crippen LogP) is 2.20. The second kappa shape index (κ2) is 7.03. The molecule has 0 aromatic heterocycles. The first-order valence-electron chi connectivity index (χ1n) is 6.74. The van der Waals surface area contributed by atoms with E-state index in [1.54, 1.807) is 28.6 Å². The largest absolute Gasteiger partial charge is 0.326 e. The van der Waals surface area contributed by atoms with Crippen LogP contribution in [0, 0.1) is 5.92 Å². The molecule has 108 valence electrons. The van der Waals surface area contributed by atoms with Crippen molar-refractivity contribution < 1.29 is 8.42 Å². The van der Waals surface area contributed by atoms with E-state index in [4.69, 9.17) is 5.73 Å². The lowest BCUT2D eigenvalue weighted by atomic mass is 10.1. The van der Waals surface area contributed by atoms with Gasteiger partial charge in [0.25, 0.3) is 0 Å². The van der Waals surface area contributed by atoms with Crippen LogP contribution in [-0.2, 0) is 16.6 Å². The van der Waals surface area contributed by atoms with Crippen molar-refractivity contribution in [3.8, 4) is 0 Å². The summed E-state index contributed by atoms with van der Waals surface area (Å²) < 4.78 is 26.6. The van der Waals surface area contributed by atoms with Crippen LogP contribution in [0.2, 0.25) is 0 Å². The SMILES string of the molecule is CCC(C)CN(CC)S(=O)(=O)c1ccc(CN)cc1. The molecule has 0 heterocycles. The van der Waals surface area contributed by atoms with Gasteiger partial charge in [0.05, 0.1) is 4.90 Å². The normalized spacial score (nSPS) is 13.7. The highest BCUT2D eigenvalue weighted by Crippen LogP contribution is 2.18. The third-order valence-electron chi connectivity index (χ3n) is 3.36. The summed E-state index contributed by atoms with van der Waals surface area (Å²) in [6.45, 7) is 7.48. The summed E-state index contributed by atoms with van der Waals surface area (Å²) in [6.07, 6.45) is 0.970. The van der Waals surface area contributed by atoms with Crippen molar-refractivity contribution in [1.29, 1.82) is 0 Å². The van der Waals surface area contributed by atoms with Gasteiger partial charge in [-0.15, -0.1) is 0 Å². The molecule has 0 aliphatic rings. The van der Waals surface area contributed by atoms with Crippen LogP contribution in [0.25, 0.3) is 0 Å². The van der Waals surface area contributed by atoms with E-state index in [1.807, 2.05) is 6.92 Å². The predicted molar refractivity (Wildman–Crippen MR) is 78.2 cm³/mol. The number of hydrogen-bond donors (Lipinski definition) is 1. The third-order valence-corrected chi connectivity index (χ3v) is 5.32. The van der Waals surface area contributed by atoms with Crippen molar-refractivity contribution in [3.63, 3.8) is 0 Å². The van der Waals surface area contributed by atoms with Crippen molar-refractivity contribution in [2.75, 3.05) is 13.1 Å². The lowest BCUT2D eigenvalue weighted by Crippen LogP contribution is -2.34. The standard InChI is InChI=1S/C14H24N2O2S/c1-4-12(3)11-16(5-2)19(17,18)14-8-6-13(10-15)7-9-14/h6-9,12H,4-5,10-11,15H2,1-3H3. The van der Waals surface area contributed by atoms with Crippen molar-refractivity contribution in [1.82, 2.24) is 4.31 Å². The summed E-state index contributed by atoms with van der Waals surface area (Å²) in [7, 11) is -3.39. The second-order valence-electron chi connectivity index (χ2n) is 4.82. The Morgan fingerprint density at radius 2 is 1.79 bits per heavy atom. The maximum Gasteiger partial charge on any atom is 0.243 e. The summed E-state index contributed by atoms with van der Waals surface area (Å²) in [5.41, 5.74) is 6.45. The van der Waals surface area contributed by atoms with Crippen LogP contribution >= 0.6 is 0 Å². The fourth-order valence-corrected chi connectivity index (χ4v) is 3.39. The van der Waals surface area contributed by atoms with E-state index >= 15 is 0 Å². The number of nitrogens with two attached hydrogens (primary N) is 1. The molecule has 1 rings (SSSR count). The fraction of sp³-hybridized carbons (Fsp3) is 0.571. The van der Waals surface area contributed by atoms with Crippen LogP contribution < -0.4 is 5.73 Å². The van der Waals surface area contributed by atoms with Crippen LogP contribution in [0.4, 0.5) is 0 Å². The van der Waals surface area contributed by atoms with E-state index in [9.17, 15) is 8.42 Å². The molecule has 0 aliphatic heterocycles. The lowest BCUT2D eigenvalue weighted by molar-refractivity contribution is 0.361. The molecule has 0 bridgehead atoms. The van der Waals surface area contributed by atoms with Gasteiger partial charge in [-0.3, -0.25) is 0 Å². The minimum atomic E-state index is -3.39. The lowest BCUT2D eigenvalue weighted by Gasteiger charge is -2.23. The summed E-state index contributed by atoms with van der Waals surface area (Å²) >= 11 is 0. The molecule has 1 aromatic carbocycles. The molecule has 0 amide bonds. The summed E-state index contributed by atoms with van der Waals surface area (Å²) in [5.74, 6) is 0.359. The molecule has 0 spiro atoms. The highest BCUT2D eigenvalue weighted by atomic mass is 32.2. The van der Waals surface area contributed by atoms with Crippen molar-refractivity contribution in [3.05, 3.63) is 29.8 Å². The molecular weight excluding hydrogens is 260 g/mol. The van der Waals surface area contributed by atoms with Crippen molar-refractivity contribution in [2.24, 2.45) is 11.7 Å². The quantitative estimate of drug-likeness (QED) is 0.835. The first kappa shape index (κ1) is 16.1. The number of nitrogens with zero attached hydrogens (tertiary/aromatic N) is 1. The maximum atomic E-state index is 12.5. The molecule has 2 N–H and O–H groups in total. The molecule has 0 aliphatic carbocycles. The smallest absolute Gasteiger partial charge is 0.243 e. The van der Waals surface area contributed by atoms with Gasteiger partial charge in [0.15, 0.2) is 0 Å². The zero-order valence-electron chi connectivity index (χ0n) is 12.0.